The van der Waals surface area contributed by atoms with Gasteiger partial charge in [0.15, 0.2) is 0 Å². The Labute approximate surface area is 198 Å². The van der Waals surface area contributed by atoms with Crippen molar-refractivity contribution in [1.29, 1.82) is 0 Å². The maximum absolute atomic E-state index is 14.5. The van der Waals surface area contributed by atoms with E-state index in [2.05, 4.69) is 10.3 Å². The quantitative estimate of drug-likeness (QED) is 0.391. The van der Waals surface area contributed by atoms with Gasteiger partial charge in [-0.15, -0.1) is 0 Å². The first-order valence-electron chi connectivity index (χ1n) is 10.7. The number of nitrogens with one attached hydrogen (secondary N) is 1. The Morgan fingerprint density at radius 2 is 1.97 bits per heavy atom. The maximum atomic E-state index is 14.5. The number of aromatic nitrogens is 1. The molecule has 0 aliphatic carbocycles. The Balaban J connectivity index is 1.74. The average molecular weight is 469 g/mol. The van der Waals surface area contributed by atoms with Crippen molar-refractivity contribution in [3.8, 4) is 17.0 Å². The van der Waals surface area contributed by atoms with Gasteiger partial charge in [0, 0.05) is 37.5 Å². The lowest BCUT2D eigenvalue weighted by Gasteiger charge is -2.21. The highest BCUT2D eigenvalue weighted by Crippen LogP contribution is 2.35. The number of amides is 1. The number of nitrogen functional groups attached to an aromatic ring is 1. The number of halogens is 1. The molecule has 0 radical (unpaired) electrons. The smallest absolute Gasteiger partial charge is 0.246 e. The molecule has 0 aliphatic heterocycles. The number of phenols is 1. The fraction of sp³-hybridized carbons (Fsp3) is 0.280. The highest BCUT2D eigenvalue weighted by atomic mass is 19.1. The second kappa shape index (κ2) is 11.4. The van der Waals surface area contributed by atoms with Crippen molar-refractivity contribution in [1.82, 2.24) is 10.3 Å². The van der Waals surface area contributed by atoms with Crippen LogP contribution < -0.4 is 16.0 Å². The number of aryl methyl sites for hydroxylation is 1. The summed E-state index contributed by atoms with van der Waals surface area (Å²) in [7, 11) is 3.30. The maximum Gasteiger partial charge on any atom is 0.246 e. The summed E-state index contributed by atoms with van der Waals surface area (Å²) in [6, 6.07) is 13.4. The van der Waals surface area contributed by atoms with Gasteiger partial charge in [0.25, 0.3) is 0 Å². The summed E-state index contributed by atoms with van der Waals surface area (Å²) in [5, 5.41) is 13.2. The summed E-state index contributed by atoms with van der Waals surface area (Å²) in [4.78, 5) is 18.0. The van der Waals surface area contributed by atoms with Gasteiger partial charge < -0.3 is 30.5 Å². The summed E-state index contributed by atoms with van der Waals surface area (Å²) in [5.74, 6) is -0.380. The largest absolute Gasteiger partial charge is 0.507 e. The topological polar surface area (TPSA) is 110 Å². The number of ether oxygens (including phenoxy) is 2. The zero-order valence-corrected chi connectivity index (χ0v) is 19.5. The van der Waals surface area contributed by atoms with Crippen LogP contribution >= 0.6 is 0 Å². The predicted octanol–water partition coefficient (Wildman–Crippen LogP) is 3.53. The lowest BCUT2D eigenvalue weighted by molar-refractivity contribution is -0.126. The molecule has 180 valence electrons. The van der Waals surface area contributed by atoms with Crippen LogP contribution in [0.4, 0.5) is 21.6 Å². The first-order valence-corrected chi connectivity index (χ1v) is 10.7. The van der Waals surface area contributed by atoms with Crippen LogP contribution in [0.1, 0.15) is 11.1 Å². The van der Waals surface area contributed by atoms with Crippen LogP contribution in [-0.2, 0) is 20.8 Å². The van der Waals surface area contributed by atoms with E-state index in [1.807, 2.05) is 13.0 Å². The number of anilines is 3. The zero-order chi connectivity index (χ0) is 24.7. The number of pyridine rings is 1. The number of aromatic hydroxyl groups is 1. The number of hydrogen-bond donors (Lipinski definition) is 3. The molecule has 1 amide bonds. The van der Waals surface area contributed by atoms with E-state index in [-0.39, 0.29) is 36.4 Å². The summed E-state index contributed by atoms with van der Waals surface area (Å²) < 4.78 is 24.5. The summed E-state index contributed by atoms with van der Waals surface area (Å²) in [6.45, 7) is 2.68. The molecular weight excluding hydrogens is 439 g/mol. The lowest BCUT2D eigenvalue weighted by atomic mass is 10.1. The minimum atomic E-state index is -0.338. The molecule has 34 heavy (non-hydrogen) atoms. The Bertz CT molecular complexity index is 1160. The number of benzene rings is 2. The number of nitrogens with two attached hydrogens (primary N) is 1. The third-order valence-corrected chi connectivity index (χ3v) is 5.26. The molecule has 3 aromatic rings. The highest BCUT2D eigenvalue weighted by Gasteiger charge is 2.15. The van der Waals surface area contributed by atoms with E-state index in [1.165, 1.54) is 12.1 Å². The molecule has 0 aliphatic rings. The predicted molar refractivity (Wildman–Crippen MR) is 129 cm³/mol. The molecule has 3 rings (SSSR count). The van der Waals surface area contributed by atoms with Gasteiger partial charge in [-0.25, -0.2) is 9.37 Å². The highest BCUT2D eigenvalue weighted by molar-refractivity contribution is 5.78. The molecule has 0 atom stereocenters. The number of rotatable bonds is 10. The molecule has 0 unspecified atom stereocenters. The molecule has 0 saturated carbocycles. The first-order chi connectivity index (χ1) is 16.3. The van der Waals surface area contributed by atoms with Gasteiger partial charge in [-0.1, -0.05) is 12.1 Å². The number of carbonyl (C=O) groups is 1. The van der Waals surface area contributed by atoms with Gasteiger partial charge in [0.2, 0.25) is 5.91 Å². The molecule has 4 N–H and O–H groups in total. The van der Waals surface area contributed by atoms with E-state index in [9.17, 15) is 14.3 Å². The Hall–Kier alpha value is -3.69. The third-order valence-electron chi connectivity index (χ3n) is 5.26. The fourth-order valence-electron chi connectivity index (χ4n) is 3.32. The van der Waals surface area contributed by atoms with Crippen molar-refractivity contribution in [3.05, 3.63) is 65.5 Å². The van der Waals surface area contributed by atoms with Gasteiger partial charge in [0.1, 0.15) is 24.0 Å². The summed E-state index contributed by atoms with van der Waals surface area (Å²) >= 11 is 0. The van der Waals surface area contributed by atoms with Gasteiger partial charge >= 0.3 is 0 Å². The Kier molecular flexibility index (Phi) is 8.39. The lowest BCUT2D eigenvalue weighted by Crippen LogP contribution is -2.28. The summed E-state index contributed by atoms with van der Waals surface area (Å²) in [6.07, 6.45) is 0. The Morgan fingerprint density at radius 1 is 1.18 bits per heavy atom. The molecule has 1 aromatic heterocycles. The van der Waals surface area contributed by atoms with Crippen LogP contribution in [0, 0.1) is 12.7 Å². The van der Waals surface area contributed by atoms with E-state index >= 15 is 0 Å². The van der Waals surface area contributed by atoms with E-state index < -0.39 is 0 Å². The molecule has 8 nitrogen and oxygen atoms in total. The van der Waals surface area contributed by atoms with Gasteiger partial charge in [-0.3, -0.25) is 4.79 Å². The average Bonchev–Trinajstić information content (AvgIpc) is 2.81. The van der Waals surface area contributed by atoms with E-state index in [1.54, 1.807) is 49.4 Å². The van der Waals surface area contributed by atoms with Crippen molar-refractivity contribution in [3.63, 3.8) is 0 Å². The number of nitrogens with zero attached hydrogens (tertiary/aromatic N) is 2. The van der Waals surface area contributed by atoms with Gasteiger partial charge in [-0.05, 0) is 48.9 Å². The van der Waals surface area contributed by atoms with Crippen molar-refractivity contribution in [2.75, 3.05) is 44.6 Å². The van der Waals surface area contributed by atoms with Crippen LogP contribution in [-0.4, -0.2) is 50.0 Å². The molecule has 1 heterocycles. The number of carbonyl (C=O) groups excluding carboxylic acids is 1. The van der Waals surface area contributed by atoms with E-state index in [0.29, 0.717) is 41.4 Å². The second-order valence-corrected chi connectivity index (χ2v) is 7.78. The monoisotopic (exact) mass is 468 g/mol. The molecule has 9 heteroatoms. The number of hydrogen-bond acceptors (Lipinski definition) is 7. The van der Waals surface area contributed by atoms with Crippen molar-refractivity contribution in [2.45, 2.75) is 13.5 Å². The zero-order valence-electron chi connectivity index (χ0n) is 19.5. The summed E-state index contributed by atoms with van der Waals surface area (Å²) in [5.41, 5.74) is 9.54. The van der Waals surface area contributed by atoms with Crippen LogP contribution in [0.5, 0.6) is 5.75 Å². The Morgan fingerprint density at radius 3 is 2.68 bits per heavy atom. The van der Waals surface area contributed by atoms with Crippen LogP contribution in [0.2, 0.25) is 0 Å². The van der Waals surface area contributed by atoms with Crippen LogP contribution in [0.15, 0.2) is 48.5 Å². The standard InChI is InChI=1S/C25H29FN4O4/c1-16-4-8-22(20(26)12-16)30(2)18-6-9-23(31)19(13-18)21-7-5-17(25(27)29-21)14-28-24(32)15-34-11-10-33-3/h4-9,12-13,31H,10-11,14-15H2,1-3H3,(H2,27,29)(H,28,32). The molecule has 0 bridgehead atoms. The second-order valence-electron chi connectivity index (χ2n) is 7.78. The van der Waals surface area contributed by atoms with Gasteiger partial charge in [-0.2, -0.15) is 0 Å². The molecule has 0 saturated heterocycles. The molecule has 2 aromatic carbocycles. The minimum Gasteiger partial charge on any atom is -0.507 e. The van der Waals surface area contributed by atoms with Crippen molar-refractivity contribution < 1.29 is 23.8 Å². The van der Waals surface area contributed by atoms with Crippen LogP contribution in [0.25, 0.3) is 11.3 Å². The van der Waals surface area contributed by atoms with Crippen molar-refractivity contribution >= 4 is 23.1 Å². The number of methoxy groups -OCH3 is 1. The van der Waals surface area contributed by atoms with Gasteiger partial charge in [0.05, 0.1) is 24.6 Å². The van der Waals surface area contributed by atoms with Crippen LogP contribution in [0.3, 0.4) is 0 Å². The SMILES string of the molecule is COCCOCC(=O)NCc1ccc(-c2cc(N(C)c3ccc(C)cc3F)ccc2O)nc1N. The van der Waals surface area contributed by atoms with E-state index in [0.717, 1.165) is 5.56 Å². The fourth-order valence-corrected chi connectivity index (χ4v) is 3.32. The number of phenolic OH excluding ortho intramolecular Hbond substituents is 1. The van der Waals surface area contributed by atoms with Crippen molar-refractivity contribution in [2.24, 2.45) is 0 Å². The molecule has 0 spiro atoms. The third kappa shape index (κ3) is 6.21. The minimum absolute atomic E-state index is 0.0164. The van der Waals surface area contributed by atoms with E-state index in [4.69, 9.17) is 15.2 Å². The molecular formula is C25H29FN4O4. The first kappa shape index (κ1) is 24.9. The normalized spacial score (nSPS) is 10.8. The molecule has 0 fully saturated rings.